The summed E-state index contributed by atoms with van der Waals surface area (Å²) in [6, 6.07) is 12.5. The highest BCUT2D eigenvalue weighted by atomic mass is 79.9. The molecule has 2 aromatic carbocycles. The fourth-order valence-corrected chi connectivity index (χ4v) is 3.17. The topological polar surface area (TPSA) is 41.5 Å². The van der Waals surface area contributed by atoms with Crippen LogP contribution in [0.2, 0.25) is 0 Å². The van der Waals surface area contributed by atoms with Crippen LogP contribution >= 0.6 is 15.9 Å². The molecular formula is C21H27BrFNO2. The van der Waals surface area contributed by atoms with Gasteiger partial charge in [-0.15, -0.1) is 0 Å². The minimum Gasteiger partial charge on any atom is -0.493 e. The molecule has 5 heteroatoms. The van der Waals surface area contributed by atoms with Crippen molar-refractivity contribution in [2.24, 2.45) is 0 Å². The second-order valence-corrected chi connectivity index (χ2v) is 7.25. The predicted molar refractivity (Wildman–Crippen MR) is 107 cm³/mol. The summed E-state index contributed by atoms with van der Waals surface area (Å²) in [4.78, 5) is 0. The van der Waals surface area contributed by atoms with Crippen molar-refractivity contribution in [1.29, 1.82) is 0 Å². The zero-order valence-corrected chi connectivity index (χ0v) is 16.8. The summed E-state index contributed by atoms with van der Waals surface area (Å²) in [5.41, 5.74) is 1.36. The number of rotatable bonds is 11. The van der Waals surface area contributed by atoms with E-state index < -0.39 is 0 Å². The lowest BCUT2D eigenvalue weighted by Gasteiger charge is -2.17. The van der Waals surface area contributed by atoms with Gasteiger partial charge in [-0.1, -0.05) is 47.0 Å². The van der Waals surface area contributed by atoms with Gasteiger partial charge in [0.2, 0.25) is 0 Å². The van der Waals surface area contributed by atoms with Crippen LogP contribution in [-0.2, 0) is 0 Å². The van der Waals surface area contributed by atoms with E-state index in [4.69, 9.17) is 4.74 Å². The number of aliphatic hydroxyl groups is 1. The SMILES string of the molecule is CNCCCCCCOc1ccc([C@@H](CO)c2ccc(Br)cc2)c(F)c1. The summed E-state index contributed by atoms with van der Waals surface area (Å²) in [6.45, 7) is 1.48. The summed E-state index contributed by atoms with van der Waals surface area (Å²) in [5, 5.41) is 12.9. The number of ether oxygens (including phenoxy) is 1. The standard InChI is InChI=1S/C21H27BrFNO2/c1-24-12-4-2-3-5-13-26-18-10-11-19(21(23)14-18)20(15-25)16-6-8-17(22)9-7-16/h6-11,14,20,24-25H,2-5,12-13,15H2,1H3/t20-/m0/s1. The smallest absolute Gasteiger partial charge is 0.130 e. The number of hydrogen-bond donors (Lipinski definition) is 2. The van der Waals surface area contributed by atoms with E-state index >= 15 is 0 Å². The second kappa shape index (κ2) is 11.3. The van der Waals surface area contributed by atoms with E-state index in [1.807, 2.05) is 31.3 Å². The molecule has 0 heterocycles. The number of hydrogen-bond acceptors (Lipinski definition) is 3. The molecule has 0 amide bonds. The molecule has 0 bridgehead atoms. The van der Waals surface area contributed by atoms with Gasteiger partial charge in [0.05, 0.1) is 13.2 Å². The number of nitrogens with one attached hydrogen (secondary N) is 1. The predicted octanol–water partition coefficient (Wildman–Crippen LogP) is 4.87. The lowest BCUT2D eigenvalue weighted by Crippen LogP contribution is -2.09. The largest absolute Gasteiger partial charge is 0.493 e. The lowest BCUT2D eigenvalue weighted by molar-refractivity contribution is 0.277. The Morgan fingerprint density at radius 3 is 2.46 bits per heavy atom. The summed E-state index contributed by atoms with van der Waals surface area (Å²) in [7, 11) is 1.96. The zero-order valence-electron chi connectivity index (χ0n) is 15.2. The first-order valence-corrected chi connectivity index (χ1v) is 9.88. The Kier molecular flexibility index (Phi) is 9.09. The Balaban J connectivity index is 1.92. The van der Waals surface area contributed by atoms with Gasteiger partial charge in [0.1, 0.15) is 11.6 Å². The Morgan fingerprint density at radius 1 is 1.08 bits per heavy atom. The fourth-order valence-electron chi connectivity index (χ4n) is 2.91. The molecule has 3 nitrogen and oxygen atoms in total. The van der Waals surface area contributed by atoms with Gasteiger partial charge in [-0.2, -0.15) is 0 Å². The maximum absolute atomic E-state index is 14.6. The minimum atomic E-state index is -0.385. The molecule has 142 valence electrons. The molecule has 0 aromatic heterocycles. The van der Waals surface area contributed by atoms with Gasteiger partial charge in [-0.05, 0) is 55.8 Å². The monoisotopic (exact) mass is 423 g/mol. The zero-order chi connectivity index (χ0) is 18.8. The Bertz CT molecular complexity index is 664. The van der Waals surface area contributed by atoms with Crippen LogP contribution in [0.4, 0.5) is 4.39 Å². The molecule has 2 rings (SSSR count). The molecule has 0 saturated carbocycles. The van der Waals surface area contributed by atoms with Crippen molar-refractivity contribution < 1.29 is 14.2 Å². The molecule has 0 aliphatic heterocycles. The highest BCUT2D eigenvalue weighted by Gasteiger charge is 2.18. The van der Waals surface area contributed by atoms with Crippen molar-refractivity contribution in [1.82, 2.24) is 5.32 Å². The molecule has 0 fully saturated rings. The molecule has 0 unspecified atom stereocenters. The van der Waals surface area contributed by atoms with Crippen LogP contribution in [0.1, 0.15) is 42.7 Å². The van der Waals surface area contributed by atoms with E-state index in [0.717, 1.165) is 29.4 Å². The van der Waals surface area contributed by atoms with Crippen LogP contribution in [0.3, 0.4) is 0 Å². The second-order valence-electron chi connectivity index (χ2n) is 6.34. The van der Waals surface area contributed by atoms with E-state index in [0.29, 0.717) is 17.9 Å². The van der Waals surface area contributed by atoms with Gasteiger partial charge in [0.25, 0.3) is 0 Å². The van der Waals surface area contributed by atoms with Gasteiger partial charge in [0, 0.05) is 16.5 Å². The highest BCUT2D eigenvalue weighted by Crippen LogP contribution is 2.29. The van der Waals surface area contributed by atoms with E-state index in [1.165, 1.54) is 18.9 Å². The molecule has 0 aliphatic rings. The van der Waals surface area contributed by atoms with E-state index in [9.17, 15) is 9.50 Å². The summed E-state index contributed by atoms with van der Waals surface area (Å²) in [5.74, 6) is -0.197. The molecular weight excluding hydrogens is 397 g/mol. The average Bonchev–Trinajstić information content (AvgIpc) is 2.64. The van der Waals surface area contributed by atoms with E-state index in [2.05, 4.69) is 21.2 Å². The van der Waals surface area contributed by atoms with Crippen molar-refractivity contribution in [2.45, 2.75) is 31.6 Å². The van der Waals surface area contributed by atoms with Crippen molar-refractivity contribution in [3.63, 3.8) is 0 Å². The Labute approximate surface area is 163 Å². The van der Waals surface area contributed by atoms with Crippen LogP contribution in [0, 0.1) is 5.82 Å². The van der Waals surface area contributed by atoms with Gasteiger partial charge in [-0.3, -0.25) is 0 Å². The Morgan fingerprint density at radius 2 is 1.81 bits per heavy atom. The van der Waals surface area contributed by atoms with Crippen molar-refractivity contribution in [2.75, 3.05) is 26.8 Å². The maximum Gasteiger partial charge on any atom is 0.130 e. The first kappa shape index (κ1) is 20.9. The summed E-state index contributed by atoms with van der Waals surface area (Å²) in [6.07, 6.45) is 4.41. The highest BCUT2D eigenvalue weighted by molar-refractivity contribution is 9.10. The van der Waals surface area contributed by atoms with Crippen LogP contribution in [0.15, 0.2) is 46.9 Å². The van der Waals surface area contributed by atoms with Crippen molar-refractivity contribution >= 4 is 15.9 Å². The van der Waals surface area contributed by atoms with E-state index in [1.54, 1.807) is 12.1 Å². The first-order valence-electron chi connectivity index (χ1n) is 9.09. The van der Waals surface area contributed by atoms with Crippen LogP contribution < -0.4 is 10.1 Å². The van der Waals surface area contributed by atoms with Gasteiger partial charge < -0.3 is 15.2 Å². The minimum absolute atomic E-state index is 0.147. The van der Waals surface area contributed by atoms with Crippen molar-refractivity contribution in [3.8, 4) is 5.75 Å². The van der Waals surface area contributed by atoms with E-state index in [-0.39, 0.29) is 18.3 Å². The molecule has 26 heavy (non-hydrogen) atoms. The van der Waals surface area contributed by atoms with Crippen LogP contribution in [0.5, 0.6) is 5.75 Å². The third-order valence-corrected chi connectivity index (χ3v) is 4.92. The lowest BCUT2D eigenvalue weighted by atomic mass is 9.91. The van der Waals surface area contributed by atoms with Crippen LogP contribution in [0.25, 0.3) is 0 Å². The molecule has 1 atom stereocenters. The van der Waals surface area contributed by atoms with Crippen molar-refractivity contribution in [3.05, 3.63) is 63.9 Å². The summed E-state index contributed by atoms with van der Waals surface area (Å²) < 4.78 is 21.2. The van der Waals surface area contributed by atoms with Crippen LogP contribution in [-0.4, -0.2) is 31.9 Å². The number of unbranched alkanes of at least 4 members (excludes halogenated alkanes) is 3. The molecule has 0 saturated heterocycles. The van der Waals surface area contributed by atoms with Gasteiger partial charge in [0.15, 0.2) is 0 Å². The third-order valence-electron chi connectivity index (χ3n) is 4.39. The maximum atomic E-state index is 14.6. The first-order chi connectivity index (χ1) is 12.7. The molecule has 0 spiro atoms. The number of halogens is 2. The molecule has 0 aliphatic carbocycles. The van der Waals surface area contributed by atoms with Gasteiger partial charge in [-0.25, -0.2) is 4.39 Å². The molecule has 2 aromatic rings. The Hall–Kier alpha value is -1.43. The average molecular weight is 424 g/mol. The quantitative estimate of drug-likeness (QED) is 0.506. The molecule has 2 N–H and O–H groups in total. The third kappa shape index (κ3) is 6.38. The fraction of sp³-hybridized carbons (Fsp3) is 0.429. The molecule has 0 radical (unpaired) electrons. The number of aliphatic hydroxyl groups excluding tert-OH is 1. The normalized spacial score (nSPS) is 12.2. The summed E-state index contributed by atoms with van der Waals surface area (Å²) >= 11 is 3.39. The number of benzene rings is 2. The van der Waals surface area contributed by atoms with Gasteiger partial charge >= 0.3 is 0 Å².